The summed E-state index contributed by atoms with van der Waals surface area (Å²) in [4.78, 5) is 0. The van der Waals surface area contributed by atoms with Crippen molar-refractivity contribution in [2.24, 2.45) is 0 Å². The highest BCUT2D eigenvalue weighted by Crippen LogP contribution is 2.26. The zero-order valence-corrected chi connectivity index (χ0v) is 11.2. The molecule has 0 bridgehead atoms. The van der Waals surface area contributed by atoms with Gasteiger partial charge in [0.2, 0.25) is 10.0 Å². The molecule has 2 N–H and O–H groups in total. The van der Waals surface area contributed by atoms with E-state index in [1.54, 1.807) is 7.05 Å². The lowest BCUT2D eigenvalue weighted by Gasteiger charge is -2.12. The SMILES string of the molecule is CNCCCS(=O)(=O)Nc1ccccc1OC(F)F. The van der Waals surface area contributed by atoms with Crippen LogP contribution in [0, 0.1) is 0 Å². The highest BCUT2D eigenvalue weighted by Gasteiger charge is 2.15. The van der Waals surface area contributed by atoms with Crippen molar-refractivity contribution < 1.29 is 21.9 Å². The first-order chi connectivity index (χ1) is 8.94. The standard InChI is InChI=1S/C11H16F2N2O3S/c1-14-7-4-8-19(16,17)15-9-5-2-3-6-10(9)18-11(12)13/h2-3,5-6,11,14-15H,4,7-8H2,1H3. The molecule has 1 aromatic carbocycles. The second-order valence-corrected chi connectivity index (χ2v) is 5.59. The second-order valence-electron chi connectivity index (χ2n) is 3.75. The van der Waals surface area contributed by atoms with E-state index in [-0.39, 0.29) is 17.2 Å². The van der Waals surface area contributed by atoms with E-state index < -0.39 is 16.6 Å². The van der Waals surface area contributed by atoms with Gasteiger partial charge < -0.3 is 10.1 Å². The third kappa shape index (κ3) is 5.84. The first-order valence-electron chi connectivity index (χ1n) is 5.63. The van der Waals surface area contributed by atoms with Crippen molar-refractivity contribution in [1.29, 1.82) is 0 Å². The number of nitrogens with one attached hydrogen (secondary N) is 2. The van der Waals surface area contributed by atoms with Gasteiger partial charge in [-0.1, -0.05) is 12.1 Å². The number of hydrogen-bond donors (Lipinski definition) is 2. The smallest absolute Gasteiger partial charge is 0.387 e. The fourth-order valence-corrected chi connectivity index (χ4v) is 2.54. The first kappa shape index (κ1) is 15.6. The average molecular weight is 294 g/mol. The molecular formula is C11H16F2N2O3S. The van der Waals surface area contributed by atoms with E-state index in [0.717, 1.165) is 0 Å². The summed E-state index contributed by atoms with van der Waals surface area (Å²) in [6, 6.07) is 5.66. The summed E-state index contributed by atoms with van der Waals surface area (Å²) in [6.45, 7) is -2.45. The van der Waals surface area contributed by atoms with Gasteiger partial charge in [0.25, 0.3) is 0 Å². The van der Waals surface area contributed by atoms with Gasteiger partial charge in [-0.25, -0.2) is 8.42 Å². The topological polar surface area (TPSA) is 67.4 Å². The largest absolute Gasteiger partial charge is 0.433 e. The Morgan fingerprint density at radius 2 is 2.00 bits per heavy atom. The molecule has 8 heteroatoms. The molecule has 0 amide bonds. The van der Waals surface area contributed by atoms with Gasteiger partial charge in [0.1, 0.15) is 5.75 Å². The van der Waals surface area contributed by atoms with Crippen LogP contribution in [0.4, 0.5) is 14.5 Å². The van der Waals surface area contributed by atoms with Crippen molar-refractivity contribution >= 4 is 15.7 Å². The third-order valence-corrected chi connectivity index (χ3v) is 3.57. The van der Waals surface area contributed by atoms with Crippen LogP contribution in [-0.4, -0.2) is 34.4 Å². The number of anilines is 1. The molecule has 0 spiro atoms. The van der Waals surface area contributed by atoms with Crippen LogP contribution in [0.15, 0.2) is 24.3 Å². The maximum Gasteiger partial charge on any atom is 0.387 e. The quantitative estimate of drug-likeness (QED) is 0.715. The monoisotopic (exact) mass is 294 g/mol. The zero-order valence-electron chi connectivity index (χ0n) is 10.4. The Balaban J connectivity index is 2.75. The zero-order chi connectivity index (χ0) is 14.3. The Hall–Kier alpha value is -1.41. The van der Waals surface area contributed by atoms with Gasteiger partial charge in [0.05, 0.1) is 11.4 Å². The number of halogens is 2. The summed E-state index contributed by atoms with van der Waals surface area (Å²) in [7, 11) is -1.87. The maximum absolute atomic E-state index is 12.2. The third-order valence-electron chi connectivity index (χ3n) is 2.21. The number of benzene rings is 1. The minimum Gasteiger partial charge on any atom is -0.433 e. The summed E-state index contributed by atoms with van der Waals surface area (Å²) in [5.41, 5.74) is 0.00672. The van der Waals surface area contributed by atoms with Crippen LogP contribution in [0.1, 0.15) is 6.42 Å². The van der Waals surface area contributed by atoms with Crippen LogP contribution in [0.5, 0.6) is 5.75 Å². The molecule has 0 saturated heterocycles. The van der Waals surface area contributed by atoms with Crippen molar-refractivity contribution in [2.75, 3.05) is 24.1 Å². The number of alkyl halides is 2. The van der Waals surface area contributed by atoms with Crippen molar-refractivity contribution in [3.8, 4) is 5.75 Å². The van der Waals surface area contributed by atoms with Crippen molar-refractivity contribution in [3.63, 3.8) is 0 Å². The van der Waals surface area contributed by atoms with Crippen molar-refractivity contribution in [3.05, 3.63) is 24.3 Å². The van der Waals surface area contributed by atoms with Gasteiger partial charge >= 0.3 is 6.61 Å². The van der Waals surface area contributed by atoms with E-state index in [1.807, 2.05) is 0 Å². The lowest BCUT2D eigenvalue weighted by molar-refractivity contribution is -0.0493. The molecule has 0 unspecified atom stereocenters. The Kier molecular flexibility index (Phi) is 5.97. The van der Waals surface area contributed by atoms with E-state index >= 15 is 0 Å². The highest BCUT2D eigenvalue weighted by molar-refractivity contribution is 7.92. The van der Waals surface area contributed by atoms with Crippen LogP contribution in [0.25, 0.3) is 0 Å². The molecule has 0 aromatic heterocycles. The molecule has 0 aliphatic carbocycles. The van der Waals surface area contributed by atoms with Gasteiger partial charge in [-0.05, 0) is 32.1 Å². The molecule has 19 heavy (non-hydrogen) atoms. The van der Waals surface area contributed by atoms with Crippen LogP contribution >= 0.6 is 0 Å². The highest BCUT2D eigenvalue weighted by atomic mass is 32.2. The van der Waals surface area contributed by atoms with E-state index in [2.05, 4.69) is 14.8 Å². The predicted octanol–water partition coefficient (Wildman–Crippen LogP) is 1.64. The van der Waals surface area contributed by atoms with E-state index in [0.29, 0.717) is 13.0 Å². The number of para-hydroxylation sites is 2. The Labute approximate surface area is 111 Å². The summed E-state index contributed by atoms with van der Waals surface area (Å²) in [5.74, 6) is -0.300. The minimum atomic E-state index is -3.58. The summed E-state index contributed by atoms with van der Waals surface area (Å²) in [5, 5.41) is 2.83. The van der Waals surface area contributed by atoms with Gasteiger partial charge in [0, 0.05) is 0 Å². The molecule has 0 heterocycles. The van der Waals surface area contributed by atoms with Gasteiger partial charge in [-0.3, -0.25) is 4.72 Å². The normalized spacial score (nSPS) is 11.6. The molecule has 1 rings (SSSR count). The Morgan fingerprint density at radius 3 is 2.63 bits per heavy atom. The van der Waals surface area contributed by atoms with Crippen LogP contribution in [0.3, 0.4) is 0 Å². The van der Waals surface area contributed by atoms with Crippen LogP contribution in [-0.2, 0) is 10.0 Å². The molecule has 0 aliphatic rings. The average Bonchev–Trinajstić information content (AvgIpc) is 2.31. The predicted molar refractivity (Wildman–Crippen MR) is 69.0 cm³/mol. The van der Waals surface area contributed by atoms with E-state index in [1.165, 1.54) is 24.3 Å². The molecule has 0 aliphatic heterocycles. The summed E-state index contributed by atoms with van der Waals surface area (Å²) in [6.07, 6.45) is 0.420. The molecule has 0 radical (unpaired) electrons. The fraction of sp³-hybridized carbons (Fsp3) is 0.455. The molecule has 5 nitrogen and oxygen atoms in total. The van der Waals surface area contributed by atoms with Crippen LogP contribution < -0.4 is 14.8 Å². The lowest BCUT2D eigenvalue weighted by atomic mass is 10.3. The van der Waals surface area contributed by atoms with Crippen LogP contribution in [0.2, 0.25) is 0 Å². The number of sulfonamides is 1. The van der Waals surface area contributed by atoms with Crippen molar-refractivity contribution in [2.45, 2.75) is 13.0 Å². The second kappa shape index (κ2) is 7.25. The lowest BCUT2D eigenvalue weighted by Crippen LogP contribution is -2.20. The molecule has 1 aromatic rings. The molecular weight excluding hydrogens is 278 g/mol. The number of rotatable bonds is 8. The Bertz CT molecular complexity index is 494. The summed E-state index contributed by atoms with van der Waals surface area (Å²) >= 11 is 0. The van der Waals surface area contributed by atoms with E-state index in [9.17, 15) is 17.2 Å². The van der Waals surface area contributed by atoms with Gasteiger partial charge in [-0.15, -0.1) is 0 Å². The fourth-order valence-electron chi connectivity index (χ4n) is 1.41. The van der Waals surface area contributed by atoms with E-state index in [4.69, 9.17) is 0 Å². The molecule has 0 atom stereocenters. The molecule has 0 fully saturated rings. The Morgan fingerprint density at radius 1 is 1.32 bits per heavy atom. The summed E-state index contributed by atoms with van der Waals surface area (Å²) < 4.78 is 54.3. The van der Waals surface area contributed by atoms with Gasteiger partial charge in [-0.2, -0.15) is 8.78 Å². The molecule has 108 valence electrons. The van der Waals surface area contributed by atoms with Crippen molar-refractivity contribution in [1.82, 2.24) is 5.32 Å². The van der Waals surface area contributed by atoms with Gasteiger partial charge in [0.15, 0.2) is 0 Å². The minimum absolute atomic E-state index is 0.00672. The number of ether oxygens (including phenoxy) is 1. The first-order valence-corrected chi connectivity index (χ1v) is 7.29. The molecule has 0 saturated carbocycles. The maximum atomic E-state index is 12.2. The number of hydrogen-bond acceptors (Lipinski definition) is 4.